The molecule has 1 unspecified atom stereocenters. The van der Waals surface area contributed by atoms with Crippen LogP contribution in [0.15, 0.2) is 18.5 Å². The van der Waals surface area contributed by atoms with Gasteiger partial charge in [-0.25, -0.2) is 9.59 Å². The van der Waals surface area contributed by atoms with Crippen molar-refractivity contribution in [1.29, 1.82) is 0 Å². The van der Waals surface area contributed by atoms with Crippen LogP contribution in [-0.4, -0.2) is 39.5 Å². The molecule has 0 fully saturated rings. The normalized spacial score (nSPS) is 11.8. The summed E-state index contributed by atoms with van der Waals surface area (Å²) in [5.74, 6) is -0.995. The minimum absolute atomic E-state index is 0.436. The van der Waals surface area contributed by atoms with E-state index in [9.17, 15) is 9.59 Å². The molecule has 3 N–H and O–H groups in total. The van der Waals surface area contributed by atoms with E-state index in [2.05, 4.69) is 15.7 Å². The summed E-state index contributed by atoms with van der Waals surface area (Å²) in [6.45, 7) is 3.17. The molecule has 0 saturated carbocycles. The van der Waals surface area contributed by atoms with E-state index >= 15 is 0 Å². The molecule has 7 nitrogen and oxygen atoms in total. The number of aromatic nitrogens is 2. The smallest absolute Gasteiger partial charge is 0.326 e. The molecule has 0 aliphatic rings. The van der Waals surface area contributed by atoms with Crippen molar-refractivity contribution in [1.82, 2.24) is 20.4 Å². The summed E-state index contributed by atoms with van der Waals surface area (Å²) in [7, 11) is 0. The lowest BCUT2D eigenvalue weighted by Crippen LogP contribution is -2.46. The number of hydrogen-bond acceptors (Lipinski definition) is 3. The third-order valence-corrected chi connectivity index (χ3v) is 2.86. The Morgan fingerprint density at radius 2 is 2.20 bits per heavy atom. The predicted molar refractivity (Wildman–Crippen MR) is 74.3 cm³/mol. The number of aryl methyl sites for hydroxylation is 1. The van der Waals surface area contributed by atoms with Crippen LogP contribution < -0.4 is 10.6 Å². The lowest BCUT2D eigenvalue weighted by atomic mass is 10.1. The van der Waals surface area contributed by atoms with Crippen LogP contribution in [0.5, 0.6) is 0 Å². The molecule has 1 rings (SSSR count). The van der Waals surface area contributed by atoms with E-state index < -0.39 is 18.0 Å². The number of amides is 2. The largest absolute Gasteiger partial charge is 0.480 e. The summed E-state index contributed by atoms with van der Waals surface area (Å²) in [5, 5.41) is 18.2. The monoisotopic (exact) mass is 282 g/mol. The summed E-state index contributed by atoms with van der Waals surface area (Å²) < 4.78 is 1.78. The summed E-state index contributed by atoms with van der Waals surface area (Å²) >= 11 is 0. The minimum atomic E-state index is -0.995. The van der Waals surface area contributed by atoms with Crippen molar-refractivity contribution < 1.29 is 14.7 Å². The number of nitrogens with zero attached hydrogens (tertiary/aromatic N) is 2. The Morgan fingerprint density at radius 1 is 1.40 bits per heavy atom. The molecule has 7 heteroatoms. The zero-order valence-electron chi connectivity index (χ0n) is 11.7. The first-order valence-corrected chi connectivity index (χ1v) is 6.88. The van der Waals surface area contributed by atoms with Crippen molar-refractivity contribution in [3.63, 3.8) is 0 Å². The molecule has 1 aromatic heterocycles. The predicted octanol–water partition coefficient (Wildman–Crippen LogP) is 1.22. The van der Waals surface area contributed by atoms with Gasteiger partial charge >= 0.3 is 12.0 Å². The van der Waals surface area contributed by atoms with E-state index in [0.29, 0.717) is 19.5 Å². The number of hydrogen-bond donors (Lipinski definition) is 3. The first-order valence-electron chi connectivity index (χ1n) is 6.88. The number of carboxylic acid groups (broad SMARTS) is 1. The molecule has 0 aromatic carbocycles. The summed E-state index contributed by atoms with van der Waals surface area (Å²) in [4.78, 5) is 22.5. The first kappa shape index (κ1) is 16.0. The van der Waals surface area contributed by atoms with Crippen LogP contribution in [0.4, 0.5) is 4.79 Å². The average Bonchev–Trinajstić information content (AvgIpc) is 2.92. The maximum Gasteiger partial charge on any atom is 0.326 e. The highest BCUT2D eigenvalue weighted by Gasteiger charge is 2.18. The number of carboxylic acids is 1. The van der Waals surface area contributed by atoms with E-state index in [-0.39, 0.29) is 0 Å². The molecule has 0 radical (unpaired) electrons. The second-order valence-electron chi connectivity index (χ2n) is 4.56. The second-order valence-corrected chi connectivity index (χ2v) is 4.56. The Labute approximate surface area is 118 Å². The van der Waals surface area contributed by atoms with Crippen molar-refractivity contribution >= 4 is 12.0 Å². The number of unbranched alkanes of at least 4 members (excludes halogenated alkanes) is 1. The minimum Gasteiger partial charge on any atom is -0.480 e. The molecular weight excluding hydrogens is 260 g/mol. The van der Waals surface area contributed by atoms with Crippen LogP contribution in [0.1, 0.15) is 32.6 Å². The Morgan fingerprint density at radius 3 is 2.80 bits per heavy atom. The standard InChI is InChI=1S/C13H22N4O3/c1-2-3-6-11(12(18)19)16-13(20)14-7-4-9-17-10-5-8-15-17/h5,8,10-11H,2-4,6-7,9H2,1H3,(H,18,19)(H2,14,16,20). The van der Waals surface area contributed by atoms with Crippen LogP contribution in [0.2, 0.25) is 0 Å². The van der Waals surface area contributed by atoms with Gasteiger partial charge in [0, 0.05) is 25.5 Å². The van der Waals surface area contributed by atoms with Gasteiger partial charge in [0.15, 0.2) is 0 Å². The highest BCUT2D eigenvalue weighted by Crippen LogP contribution is 2.00. The molecule has 0 aliphatic carbocycles. The van der Waals surface area contributed by atoms with Crippen molar-refractivity contribution in [2.45, 2.75) is 45.2 Å². The quantitative estimate of drug-likeness (QED) is 0.593. The topological polar surface area (TPSA) is 96.3 Å². The van der Waals surface area contributed by atoms with Crippen LogP contribution in [-0.2, 0) is 11.3 Å². The summed E-state index contributed by atoms with van der Waals surface area (Å²) in [5.41, 5.74) is 0. The Hall–Kier alpha value is -2.05. The fraction of sp³-hybridized carbons (Fsp3) is 0.615. The van der Waals surface area contributed by atoms with Gasteiger partial charge in [0.2, 0.25) is 0 Å². The van der Waals surface area contributed by atoms with Gasteiger partial charge < -0.3 is 15.7 Å². The zero-order chi connectivity index (χ0) is 14.8. The van der Waals surface area contributed by atoms with E-state index in [1.165, 1.54) is 0 Å². The summed E-state index contributed by atoms with van der Waals surface area (Å²) in [6, 6.07) is 0.584. The molecule has 0 saturated heterocycles. The third-order valence-electron chi connectivity index (χ3n) is 2.86. The van der Waals surface area contributed by atoms with Gasteiger partial charge in [0.05, 0.1) is 0 Å². The lowest BCUT2D eigenvalue weighted by molar-refractivity contribution is -0.139. The molecule has 1 heterocycles. The SMILES string of the molecule is CCCCC(NC(=O)NCCCn1cccn1)C(=O)O. The molecule has 0 spiro atoms. The Bertz CT molecular complexity index is 406. The molecule has 1 aromatic rings. The van der Waals surface area contributed by atoms with E-state index in [1.807, 2.05) is 19.2 Å². The maximum absolute atomic E-state index is 11.6. The van der Waals surface area contributed by atoms with Crippen LogP contribution in [0.25, 0.3) is 0 Å². The van der Waals surface area contributed by atoms with Crippen molar-refractivity contribution in [2.75, 3.05) is 6.54 Å². The number of rotatable bonds is 9. The number of urea groups is 1. The van der Waals surface area contributed by atoms with Gasteiger partial charge in [0.1, 0.15) is 6.04 Å². The van der Waals surface area contributed by atoms with Gasteiger partial charge in [-0.1, -0.05) is 19.8 Å². The van der Waals surface area contributed by atoms with Crippen molar-refractivity contribution in [3.05, 3.63) is 18.5 Å². The lowest BCUT2D eigenvalue weighted by Gasteiger charge is -2.14. The van der Waals surface area contributed by atoms with Crippen molar-refractivity contribution in [2.24, 2.45) is 0 Å². The molecule has 112 valence electrons. The van der Waals surface area contributed by atoms with Crippen molar-refractivity contribution in [3.8, 4) is 0 Å². The first-order chi connectivity index (χ1) is 9.63. The molecule has 2 amide bonds. The number of carbonyl (C=O) groups excluding carboxylic acids is 1. The van der Waals surface area contributed by atoms with Gasteiger partial charge in [-0.15, -0.1) is 0 Å². The van der Waals surface area contributed by atoms with E-state index in [4.69, 9.17) is 5.11 Å². The molecule has 1 atom stereocenters. The maximum atomic E-state index is 11.6. The fourth-order valence-corrected chi connectivity index (χ4v) is 1.75. The van der Waals surface area contributed by atoms with Gasteiger partial charge in [0.25, 0.3) is 0 Å². The second kappa shape index (κ2) is 8.95. The zero-order valence-corrected chi connectivity index (χ0v) is 11.7. The third kappa shape index (κ3) is 6.21. The molecule has 0 bridgehead atoms. The fourth-order valence-electron chi connectivity index (χ4n) is 1.75. The number of aliphatic carboxylic acids is 1. The van der Waals surface area contributed by atoms with Gasteiger partial charge in [-0.05, 0) is 18.9 Å². The number of nitrogens with one attached hydrogen (secondary N) is 2. The molecule has 20 heavy (non-hydrogen) atoms. The number of carbonyl (C=O) groups is 2. The average molecular weight is 282 g/mol. The Kier molecular flexibility index (Phi) is 7.16. The van der Waals surface area contributed by atoms with Gasteiger partial charge in [-0.2, -0.15) is 5.10 Å². The molecule has 0 aliphatic heterocycles. The van der Waals surface area contributed by atoms with Crippen LogP contribution >= 0.6 is 0 Å². The highest BCUT2D eigenvalue weighted by atomic mass is 16.4. The van der Waals surface area contributed by atoms with E-state index in [0.717, 1.165) is 19.3 Å². The van der Waals surface area contributed by atoms with Gasteiger partial charge in [-0.3, -0.25) is 4.68 Å². The highest BCUT2D eigenvalue weighted by molar-refractivity contribution is 5.82. The molecular formula is C13H22N4O3. The van der Waals surface area contributed by atoms with Crippen LogP contribution in [0, 0.1) is 0 Å². The Balaban J connectivity index is 2.18. The summed E-state index contributed by atoms with van der Waals surface area (Å²) in [6.07, 6.45) is 6.42. The van der Waals surface area contributed by atoms with E-state index in [1.54, 1.807) is 10.9 Å². The van der Waals surface area contributed by atoms with Crippen LogP contribution in [0.3, 0.4) is 0 Å².